The van der Waals surface area contributed by atoms with Gasteiger partial charge >= 0.3 is 0 Å². The fourth-order valence-corrected chi connectivity index (χ4v) is 2.42. The molecule has 0 radical (unpaired) electrons. The van der Waals surface area contributed by atoms with Crippen molar-refractivity contribution in [3.63, 3.8) is 0 Å². The number of carbonyl (C=O) groups excluding carboxylic acids is 1. The molecule has 6 heteroatoms. The average Bonchev–Trinajstić information content (AvgIpc) is 2.96. The highest BCUT2D eigenvalue weighted by Gasteiger charge is 2.46. The third-order valence-corrected chi connectivity index (χ3v) is 3.67. The van der Waals surface area contributed by atoms with Crippen molar-refractivity contribution in [2.45, 2.75) is 44.4 Å². The molecule has 1 aliphatic heterocycles. The number of nitrogens with one attached hydrogen (secondary N) is 1. The number of amides is 1. The van der Waals surface area contributed by atoms with Gasteiger partial charge in [-0.05, 0) is 12.8 Å². The molecule has 1 aromatic rings. The highest BCUT2D eigenvalue weighted by molar-refractivity contribution is 5.86. The Bertz CT molecular complexity index is 486. The molecular formula is C13H18FN3O2. The van der Waals surface area contributed by atoms with Gasteiger partial charge in [0.05, 0.1) is 5.69 Å². The summed E-state index contributed by atoms with van der Waals surface area (Å²) in [7, 11) is 0. The second-order valence-electron chi connectivity index (χ2n) is 5.53. The molecule has 0 bridgehead atoms. The van der Waals surface area contributed by atoms with Crippen molar-refractivity contribution >= 4 is 5.91 Å². The fraction of sp³-hybridized carbons (Fsp3) is 0.692. The van der Waals surface area contributed by atoms with Crippen LogP contribution in [0.15, 0.2) is 10.7 Å². The van der Waals surface area contributed by atoms with Gasteiger partial charge in [0.25, 0.3) is 5.91 Å². The Hall–Kier alpha value is -1.43. The normalized spacial score (nSPS) is 27.7. The van der Waals surface area contributed by atoms with Crippen molar-refractivity contribution in [1.82, 2.24) is 15.2 Å². The van der Waals surface area contributed by atoms with Crippen molar-refractivity contribution < 1.29 is 13.6 Å². The summed E-state index contributed by atoms with van der Waals surface area (Å²) in [5.41, 5.74) is -0.967. The minimum absolute atomic E-state index is 0.136. The highest BCUT2D eigenvalue weighted by atomic mass is 19.1. The number of oxazole rings is 1. The molecule has 3 rings (SSSR count). The minimum atomic E-state index is -1.75. The quantitative estimate of drug-likeness (QED) is 0.890. The van der Waals surface area contributed by atoms with Crippen molar-refractivity contribution in [2.75, 3.05) is 13.1 Å². The maximum absolute atomic E-state index is 14.6. The van der Waals surface area contributed by atoms with E-state index in [9.17, 15) is 9.18 Å². The first-order valence-corrected chi connectivity index (χ1v) is 6.68. The predicted molar refractivity (Wildman–Crippen MR) is 66.1 cm³/mol. The Labute approximate surface area is 111 Å². The topological polar surface area (TPSA) is 58.4 Å². The van der Waals surface area contributed by atoms with E-state index in [4.69, 9.17) is 4.42 Å². The Kier molecular flexibility index (Phi) is 3.05. The number of nitrogens with zero attached hydrogens (tertiary/aromatic N) is 2. The van der Waals surface area contributed by atoms with Crippen LogP contribution >= 0.6 is 0 Å². The number of aromatic nitrogens is 1. The summed E-state index contributed by atoms with van der Waals surface area (Å²) in [5.74, 6) is 0.154. The molecule has 0 spiro atoms. The summed E-state index contributed by atoms with van der Waals surface area (Å²) >= 11 is 0. The van der Waals surface area contributed by atoms with E-state index in [0.29, 0.717) is 19.0 Å². The lowest BCUT2D eigenvalue weighted by Crippen LogP contribution is -2.46. The van der Waals surface area contributed by atoms with Crippen LogP contribution in [0.2, 0.25) is 0 Å². The third-order valence-electron chi connectivity index (χ3n) is 3.67. The number of carbonyl (C=O) groups is 1. The Morgan fingerprint density at radius 2 is 2.47 bits per heavy atom. The van der Waals surface area contributed by atoms with Crippen LogP contribution in [-0.2, 0) is 11.3 Å². The zero-order valence-electron chi connectivity index (χ0n) is 11.0. The molecule has 1 aromatic heterocycles. The van der Waals surface area contributed by atoms with Crippen molar-refractivity contribution in [3.05, 3.63) is 17.8 Å². The van der Waals surface area contributed by atoms with Crippen LogP contribution in [0.25, 0.3) is 0 Å². The highest BCUT2D eigenvalue weighted by Crippen LogP contribution is 2.29. The van der Waals surface area contributed by atoms with E-state index >= 15 is 0 Å². The molecule has 104 valence electrons. The molecule has 2 heterocycles. The van der Waals surface area contributed by atoms with Crippen LogP contribution in [0.3, 0.4) is 0 Å². The van der Waals surface area contributed by atoms with Gasteiger partial charge in [0, 0.05) is 39.0 Å². The Balaban J connectivity index is 1.57. The predicted octanol–water partition coefficient (Wildman–Crippen LogP) is 1.18. The molecule has 1 aliphatic carbocycles. The van der Waals surface area contributed by atoms with Gasteiger partial charge in [-0.2, -0.15) is 0 Å². The van der Waals surface area contributed by atoms with Gasteiger partial charge in [0.15, 0.2) is 5.89 Å². The molecule has 2 aliphatic rings. The first-order chi connectivity index (χ1) is 9.05. The van der Waals surface area contributed by atoms with E-state index in [0.717, 1.165) is 18.5 Å². The summed E-state index contributed by atoms with van der Waals surface area (Å²) in [4.78, 5) is 18.0. The van der Waals surface area contributed by atoms with Crippen molar-refractivity contribution in [1.29, 1.82) is 0 Å². The van der Waals surface area contributed by atoms with Crippen LogP contribution in [-0.4, -0.2) is 40.6 Å². The average molecular weight is 267 g/mol. The minimum Gasteiger partial charge on any atom is -0.449 e. The van der Waals surface area contributed by atoms with Gasteiger partial charge in [0.1, 0.15) is 6.26 Å². The van der Waals surface area contributed by atoms with E-state index in [2.05, 4.69) is 10.3 Å². The number of aryl methyl sites for hydroxylation is 1. The molecule has 1 unspecified atom stereocenters. The van der Waals surface area contributed by atoms with Gasteiger partial charge in [-0.1, -0.05) is 0 Å². The maximum atomic E-state index is 14.6. The number of alkyl halides is 1. The van der Waals surface area contributed by atoms with Gasteiger partial charge in [0.2, 0.25) is 5.67 Å². The molecule has 1 atom stereocenters. The van der Waals surface area contributed by atoms with Gasteiger partial charge in [-0.25, -0.2) is 9.37 Å². The Morgan fingerprint density at radius 3 is 3.11 bits per heavy atom. The molecule has 1 N–H and O–H groups in total. The second kappa shape index (κ2) is 4.59. The van der Waals surface area contributed by atoms with Crippen molar-refractivity contribution in [3.8, 4) is 0 Å². The first-order valence-electron chi connectivity index (χ1n) is 6.68. The molecule has 19 heavy (non-hydrogen) atoms. The van der Waals surface area contributed by atoms with E-state index in [1.165, 1.54) is 0 Å². The lowest BCUT2D eigenvalue weighted by atomic mass is 10.0. The summed E-state index contributed by atoms with van der Waals surface area (Å²) in [6, 6.07) is 0.201. The number of hydrogen-bond donors (Lipinski definition) is 1. The smallest absolute Gasteiger partial charge is 0.259 e. The SMILES string of the molecule is Cc1nc(CN2CCC(F)(C(=O)NC3CC3)C2)co1. The summed E-state index contributed by atoms with van der Waals surface area (Å²) < 4.78 is 19.7. The van der Waals surface area contributed by atoms with E-state index < -0.39 is 11.6 Å². The van der Waals surface area contributed by atoms with E-state index in [1.807, 2.05) is 4.90 Å². The maximum Gasteiger partial charge on any atom is 0.259 e. The third kappa shape index (κ3) is 2.78. The zero-order chi connectivity index (χ0) is 13.5. The number of rotatable bonds is 4. The molecule has 1 saturated carbocycles. The number of halogens is 1. The Morgan fingerprint density at radius 1 is 1.68 bits per heavy atom. The van der Waals surface area contributed by atoms with Crippen LogP contribution in [0.5, 0.6) is 0 Å². The van der Waals surface area contributed by atoms with Gasteiger partial charge in [-0.3, -0.25) is 9.69 Å². The number of hydrogen-bond acceptors (Lipinski definition) is 4. The standard InChI is InChI=1S/C13H18FN3O2/c1-9-15-11(7-19-9)6-17-5-4-13(14,8-17)12(18)16-10-2-3-10/h7,10H,2-6,8H2,1H3,(H,16,18). The molecule has 1 saturated heterocycles. The lowest BCUT2D eigenvalue weighted by molar-refractivity contribution is -0.132. The first kappa shape index (κ1) is 12.6. The summed E-state index contributed by atoms with van der Waals surface area (Å²) in [6.07, 6.45) is 3.79. The van der Waals surface area contributed by atoms with Crippen LogP contribution < -0.4 is 5.32 Å². The van der Waals surface area contributed by atoms with Crippen LogP contribution in [0, 0.1) is 6.92 Å². The second-order valence-corrected chi connectivity index (χ2v) is 5.53. The molecular weight excluding hydrogens is 249 g/mol. The van der Waals surface area contributed by atoms with Crippen LogP contribution in [0.4, 0.5) is 4.39 Å². The van der Waals surface area contributed by atoms with E-state index in [1.54, 1.807) is 13.2 Å². The van der Waals surface area contributed by atoms with E-state index in [-0.39, 0.29) is 19.0 Å². The fourth-order valence-electron chi connectivity index (χ4n) is 2.42. The zero-order valence-corrected chi connectivity index (χ0v) is 11.0. The monoisotopic (exact) mass is 267 g/mol. The van der Waals surface area contributed by atoms with Gasteiger partial charge < -0.3 is 9.73 Å². The molecule has 0 aromatic carbocycles. The molecule has 5 nitrogen and oxygen atoms in total. The lowest BCUT2D eigenvalue weighted by Gasteiger charge is -2.19. The summed E-state index contributed by atoms with van der Waals surface area (Å²) in [5, 5.41) is 2.75. The summed E-state index contributed by atoms with van der Waals surface area (Å²) in [6.45, 7) is 3.01. The number of likely N-dealkylation sites (tertiary alicyclic amines) is 1. The largest absolute Gasteiger partial charge is 0.449 e. The van der Waals surface area contributed by atoms with Gasteiger partial charge in [-0.15, -0.1) is 0 Å². The molecule has 2 fully saturated rings. The van der Waals surface area contributed by atoms with Crippen LogP contribution in [0.1, 0.15) is 30.8 Å². The van der Waals surface area contributed by atoms with Crippen molar-refractivity contribution in [2.24, 2.45) is 0 Å². The molecule has 1 amide bonds.